The van der Waals surface area contributed by atoms with Crippen LogP contribution in [0, 0.1) is 5.82 Å². The number of nitrogens with one attached hydrogen (secondary N) is 1. The summed E-state index contributed by atoms with van der Waals surface area (Å²) < 4.78 is 13.5. The molecule has 6 heteroatoms. The molecule has 0 heterocycles. The first-order chi connectivity index (χ1) is 9.90. The van der Waals surface area contributed by atoms with Crippen molar-refractivity contribution < 1.29 is 9.18 Å². The van der Waals surface area contributed by atoms with Crippen LogP contribution in [0.1, 0.15) is 45.2 Å². The molecule has 21 heavy (non-hydrogen) atoms. The van der Waals surface area contributed by atoms with Crippen LogP contribution in [0.5, 0.6) is 0 Å². The van der Waals surface area contributed by atoms with E-state index in [1.807, 2.05) is 6.92 Å². The normalized spacial score (nSPS) is 12.1. The Hall–Kier alpha value is -1.00. The Labute approximate surface area is 135 Å². The fraction of sp³-hybridized carbons (Fsp3) is 0.533. The lowest BCUT2D eigenvalue weighted by molar-refractivity contribution is 0.196. The molecule has 0 saturated heterocycles. The van der Waals surface area contributed by atoms with Gasteiger partial charge in [0, 0.05) is 18.1 Å². The molecular weight excluding hydrogens is 314 g/mol. The van der Waals surface area contributed by atoms with E-state index in [2.05, 4.69) is 12.2 Å². The summed E-state index contributed by atoms with van der Waals surface area (Å²) in [5.41, 5.74) is 0.512. The average Bonchev–Trinajstić information content (AvgIpc) is 2.43. The minimum absolute atomic E-state index is 0.0274. The molecule has 1 rings (SSSR count). The third-order valence-electron chi connectivity index (χ3n) is 3.30. The summed E-state index contributed by atoms with van der Waals surface area (Å²) in [4.78, 5) is 13.9. The number of hydrogen-bond donors (Lipinski definition) is 1. The van der Waals surface area contributed by atoms with Gasteiger partial charge in [-0.2, -0.15) is 0 Å². The van der Waals surface area contributed by atoms with Gasteiger partial charge in [0.05, 0.1) is 11.1 Å². The van der Waals surface area contributed by atoms with E-state index < -0.39 is 11.9 Å². The van der Waals surface area contributed by atoms with Gasteiger partial charge in [-0.1, -0.05) is 36.5 Å². The van der Waals surface area contributed by atoms with E-state index in [1.165, 1.54) is 12.1 Å². The first-order valence-electron chi connectivity index (χ1n) is 7.10. The second-order valence-corrected chi connectivity index (χ2v) is 5.71. The number of halogens is 3. The molecule has 0 aliphatic rings. The summed E-state index contributed by atoms with van der Waals surface area (Å²) >= 11 is 11.7. The van der Waals surface area contributed by atoms with Crippen LogP contribution in [0.2, 0.25) is 10.0 Å². The van der Waals surface area contributed by atoms with E-state index in [1.54, 1.807) is 11.8 Å². The van der Waals surface area contributed by atoms with Crippen LogP contribution in [-0.2, 0) is 0 Å². The Balaban J connectivity index is 2.78. The molecule has 3 nitrogen and oxygen atoms in total. The van der Waals surface area contributed by atoms with E-state index in [0.29, 0.717) is 23.7 Å². The fourth-order valence-corrected chi connectivity index (χ4v) is 2.52. The number of nitrogens with zero attached hydrogens (tertiary/aromatic N) is 1. The lowest BCUT2D eigenvalue weighted by atomic mass is 10.1. The van der Waals surface area contributed by atoms with Gasteiger partial charge >= 0.3 is 6.03 Å². The van der Waals surface area contributed by atoms with Crippen molar-refractivity contribution in [3.8, 4) is 0 Å². The van der Waals surface area contributed by atoms with Crippen LogP contribution in [0.3, 0.4) is 0 Å². The van der Waals surface area contributed by atoms with Gasteiger partial charge in [-0.05, 0) is 38.0 Å². The maximum atomic E-state index is 13.5. The second-order valence-electron chi connectivity index (χ2n) is 4.89. The Bertz CT molecular complexity index is 497. The summed E-state index contributed by atoms with van der Waals surface area (Å²) in [6.45, 7) is 7.09. The maximum Gasteiger partial charge on any atom is 0.317 e. The average molecular weight is 335 g/mol. The molecule has 1 aromatic carbocycles. The highest BCUT2D eigenvalue weighted by Crippen LogP contribution is 2.28. The molecule has 0 radical (unpaired) electrons. The summed E-state index contributed by atoms with van der Waals surface area (Å²) in [5, 5.41) is 3.15. The molecule has 0 saturated carbocycles. The summed E-state index contributed by atoms with van der Waals surface area (Å²) in [6, 6.07) is 2.04. The second kappa shape index (κ2) is 8.44. The van der Waals surface area contributed by atoms with Gasteiger partial charge in [0.1, 0.15) is 5.82 Å². The first-order valence-corrected chi connectivity index (χ1v) is 7.86. The molecule has 2 amide bonds. The molecule has 0 aromatic heterocycles. The summed E-state index contributed by atoms with van der Waals surface area (Å²) in [6.07, 6.45) is 1.97. The predicted octanol–water partition coefficient (Wildman–Crippen LogP) is 5.03. The highest BCUT2D eigenvalue weighted by Gasteiger charge is 2.18. The molecule has 1 atom stereocenters. The van der Waals surface area contributed by atoms with Crippen LogP contribution in [-0.4, -0.2) is 24.0 Å². The smallest absolute Gasteiger partial charge is 0.317 e. The Morgan fingerprint density at radius 1 is 1.33 bits per heavy atom. The monoisotopic (exact) mass is 334 g/mol. The van der Waals surface area contributed by atoms with E-state index in [0.717, 1.165) is 12.8 Å². The molecule has 0 bridgehead atoms. The van der Waals surface area contributed by atoms with Crippen LogP contribution < -0.4 is 5.32 Å². The highest BCUT2D eigenvalue weighted by molar-refractivity contribution is 6.35. The largest absolute Gasteiger partial charge is 0.331 e. The van der Waals surface area contributed by atoms with Gasteiger partial charge in [0.15, 0.2) is 0 Å². The van der Waals surface area contributed by atoms with Gasteiger partial charge in [0.2, 0.25) is 0 Å². The van der Waals surface area contributed by atoms with Crippen molar-refractivity contribution >= 4 is 29.2 Å². The zero-order chi connectivity index (χ0) is 16.0. The standard InChI is InChI=1S/C15H21Cl2FN2O/c1-4-6-7-20(5-2)15(21)19-10(3)11-8-14(18)13(17)9-12(11)16/h8-10H,4-7H2,1-3H3,(H,19,21). The van der Waals surface area contributed by atoms with Crippen LogP contribution in [0.15, 0.2) is 12.1 Å². The number of unbranched alkanes of at least 4 members (excludes halogenated alkanes) is 1. The number of carbonyl (C=O) groups is 1. The molecule has 0 spiro atoms. The minimum Gasteiger partial charge on any atom is -0.331 e. The third kappa shape index (κ3) is 5.04. The molecule has 0 fully saturated rings. The van der Waals surface area contributed by atoms with Crippen molar-refractivity contribution in [2.45, 2.75) is 39.7 Å². The van der Waals surface area contributed by atoms with E-state index in [4.69, 9.17) is 23.2 Å². The first kappa shape index (κ1) is 18.1. The number of hydrogen-bond acceptors (Lipinski definition) is 1. The van der Waals surface area contributed by atoms with E-state index >= 15 is 0 Å². The van der Waals surface area contributed by atoms with Crippen LogP contribution in [0.25, 0.3) is 0 Å². The van der Waals surface area contributed by atoms with Crippen LogP contribution >= 0.6 is 23.2 Å². The SMILES string of the molecule is CCCCN(CC)C(=O)NC(C)c1cc(F)c(Cl)cc1Cl. The third-order valence-corrected chi connectivity index (χ3v) is 3.91. The Morgan fingerprint density at radius 2 is 2.00 bits per heavy atom. The van der Waals surface area contributed by atoms with Crippen LogP contribution in [0.4, 0.5) is 9.18 Å². The quantitative estimate of drug-likeness (QED) is 0.727. The molecule has 0 aliphatic heterocycles. The lowest BCUT2D eigenvalue weighted by Gasteiger charge is -2.24. The van der Waals surface area contributed by atoms with Crippen molar-refractivity contribution in [3.63, 3.8) is 0 Å². The minimum atomic E-state index is -0.546. The number of benzene rings is 1. The maximum absolute atomic E-state index is 13.5. The number of rotatable bonds is 6. The van der Waals surface area contributed by atoms with Gasteiger partial charge in [-0.3, -0.25) is 0 Å². The van der Waals surface area contributed by atoms with Gasteiger partial charge in [0.25, 0.3) is 0 Å². The van der Waals surface area contributed by atoms with Gasteiger partial charge in [-0.25, -0.2) is 9.18 Å². The molecule has 0 aliphatic carbocycles. The van der Waals surface area contributed by atoms with Crippen molar-refractivity contribution in [1.82, 2.24) is 10.2 Å². The van der Waals surface area contributed by atoms with Gasteiger partial charge in [-0.15, -0.1) is 0 Å². The zero-order valence-electron chi connectivity index (χ0n) is 12.5. The molecule has 1 unspecified atom stereocenters. The van der Waals surface area contributed by atoms with Gasteiger partial charge < -0.3 is 10.2 Å². The molecule has 118 valence electrons. The number of urea groups is 1. The molecule has 1 aromatic rings. The zero-order valence-corrected chi connectivity index (χ0v) is 14.1. The lowest BCUT2D eigenvalue weighted by Crippen LogP contribution is -2.41. The van der Waals surface area contributed by atoms with Crippen molar-refractivity contribution in [2.24, 2.45) is 0 Å². The van der Waals surface area contributed by atoms with Crippen molar-refractivity contribution in [1.29, 1.82) is 0 Å². The van der Waals surface area contributed by atoms with Crippen molar-refractivity contribution in [3.05, 3.63) is 33.6 Å². The number of carbonyl (C=O) groups excluding carboxylic acids is 1. The topological polar surface area (TPSA) is 32.3 Å². The fourth-order valence-electron chi connectivity index (χ4n) is 1.98. The summed E-state index contributed by atoms with van der Waals surface area (Å²) in [5.74, 6) is -0.546. The molecule has 1 N–H and O–H groups in total. The highest BCUT2D eigenvalue weighted by atomic mass is 35.5. The predicted molar refractivity (Wildman–Crippen MR) is 85.5 cm³/mol. The Kier molecular flexibility index (Phi) is 7.26. The number of amides is 2. The Morgan fingerprint density at radius 3 is 2.57 bits per heavy atom. The van der Waals surface area contributed by atoms with E-state index in [9.17, 15) is 9.18 Å². The molecular formula is C15H21Cl2FN2O. The van der Waals surface area contributed by atoms with E-state index in [-0.39, 0.29) is 11.1 Å². The van der Waals surface area contributed by atoms with Crippen molar-refractivity contribution in [2.75, 3.05) is 13.1 Å². The summed E-state index contributed by atoms with van der Waals surface area (Å²) in [7, 11) is 0.